The fourth-order valence-electron chi connectivity index (χ4n) is 1.35. The number of hydrogen-bond donors (Lipinski definition) is 1. The monoisotopic (exact) mass is 283 g/mol. The summed E-state index contributed by atoms with van der Waals surface area (Å²) in [5, 5.41) is 0.952. The van der Waals surface area contributed by atoms with Crippen LogP contribution < -0.4 is 0 Å². The lowest BCUT2D eigenvalue weighted by Crippen LogP contribution is -2.01. The van der Waals surface area contributed by atoms with Crippen molar-refractivity contribution in [2.75, 3.05) is 6.26 Å². The largest absolute Gasteiger partial charge is 0.356 e. The Balaban J connectivity index is 1.98. The molecule has 18 heavy (non-hydrogen) atoms. The van der Waals surface area contributed by atoms with Crippen LogP contribution in [-0.4, -0.2) is 19.7 Å². The molecule has 6 heteroatoms. The van der Waals surface area contributed by atoms with Gasteiger partial charge in [-0.05, 0) is 23.8 Å². The fraction of sp³-hybridized carbons (Fsp3) is 0.167. The first-order valence-corrected chi connectivity index (χ1v) is 7.91. The zero-order chi connectivity index (χ0) is 13.0. The molecule has 0 unspecified atom stereocenters. The molecule has 0 saturated carbocycles. The summed E-state index contributed by atoms with van der Waals surface area (Å²) in [5.74, 6) is 0. The summed E-state index contributed by atoms with van der Waals surface area (Å²) in [7, 11) is -3.39. The Morgan fingerprint density at radius 2 is 2.00 bits per heavy atom. The topological polar surface area (TPSA) is 59.2 Å². The van der Waals surface area contributed by atoms with Gasteiger partial charge in [0.05, 0.1) is 17.9 Å². The summed E-state index contributed by atoms with van der Waals surface area (Å²) in [6.45, 7) is 0.0602. The summed E-state index contributed by atoms with van der Waals surface area (Å²) < 4.78 is 26.5. The van der Waals surface area contributed by atoms with Crippen molar-refractivity contribution in [2.24, 2.45) is 0 Å². The van der Waals surface area contributed by atoms with Crippen LogP contribution in [0.15, 0.2) is 52.5 Å². The molecule has 1 aromatic heterocycles. The molecule has 0 spiro atoms. The van der Waals surface area contributed by atoms with E-state index in [4.69, 9.17) is 4.18 Å². The molecule has 0 aliphatic rings. The third-order valence-corrected chi connectivity index (χ3v) is 3.64. The predicted molar refractivity (Wildman–Crippen MR) is 71.0 cm³/mol. The zero-order valence-electron chi connectivity index (χ0n) is 9.79. The molecule has 96 valence electrons. The van der Waals surface area contributed by atoms with Crippen LogP contribution in [0.4, 0.5) is 0 Å². The van der Waals surface area contributed by atoms with Gasteiger partial charge < -0.3 is 4.98 Å². The molecule has 2 aromatic rings. The average Bonchev–Trinajstić information content (AvgIpc) is 2.75. The quantitative estimate of drug-likeness (QED) is 0.857. The minimum Gasteiger partial charge on any atom is -0.356 e. The molecule has 0 aliphatic carbocycles. The van der Waals surface area contributed by atoms with E-state index >= 15 is 0 Å². The first-order valence-electron chi connectivity index (χ1n) is 5.27. The molecular formula is C12H13NO3S2. The molecule has 4 nitrogen and oxygen atoms in total. The van der Waals surface area contributed by atoms with Crippen molar-refractivity contribution in [3.05, 3.63) is 48.2 Å². The van der Waals surface area contributed by atoms with Crippen molar-refractivity contribution >= 4 is 21.9 Å². The molecule has 0 radical (unpaired) electrons. The first-order chi connectivity index (χ1) is 8.53. The van der Waals surface area contributed by atoms with Crippen LogP contribution in [0.1, 0.15) is 5.56 Å². The second-order valence-corrected chi connectivity index (χ2v) is 6.51. The smallest absolute Gasteiger partial charge is 0.264 e. The lowest BCUT2D eigenvalue weighted by Gasteiger charge is -1.98. The average molecular weight is 283 g/mol. The second-order valence-electron chi connectivity index (χ2n) is 3.75. The van der Waals surface area contributed by atoms with E-state index in [0.29, 0.717) is 0 Å². The van der Waals surface area contributed by atoms with E-state index in [-0.39, 0.29) is 6.61 Å². The van der Waals surface area contributed by atoms with Crippen LogP contribution in [0.3, 0.4) is 0 Å². The lowest BCUT2D eigenvalue weighted by molar-refractivity contribution is 0.312. The van der Waals surface area contributed by atoms with Crippen LogP contribution >= 0.6 is 11.8 Å². The fourth-order valence-corrected chi connectivity index (χ4v) is 2.57. The zero-order valence-corrected chi connectivity index (χ0v) is 11.4. The van der Waals surface area contributed by atoms with E-state index in [2.05, 4.69) is 4.98 Å². The SMILES string of the molecule is CS(=O)(=O)OCc1c[nH]c(Sc2ccccc2)c1. The van der Waals surface area contributed by atoms with Crippen LogP contribution in [0.5, 0.6) is 0 Å². The van der Waals surface area contributed by atoms with Crippen molar-refractivity contribution < 1.29 is 12.6 Å². The van der Waals surface area contributed by atoms with Gasteiger partial charge in [0.15, 0.2) is 0 Å². The molecule has 0 amide bonds. The molecule has 0 atom stereocenters. The standard InChI is InChI=1S/C12H13NO3S2/c1-18(14,15)16-9-10-7-12(13-8-10)17-11-5-3-2-4-6-11/h2-8,13H,9H2,1H3. The molecule has 1 aromatic carbocycles. The van der Waals surface area contributed by atoms with E-state index < -0.39 is 10.1 Å². The number of H-pyrrole nitrogens is 1. The summed E-state index contributed by atoms with van der Waals surface area (Å²) in [6, 6.07) is 11.8. The molecular weight excluding hydrogens is 270 g/mol. The lowest BCUT2D eigenvalue weighted by atomic mass is 10.4. The third kappa shape index (κ3) is 4.21. The van der Waals surface area contributed by atoms with Crippen LogP contribution in [0.25, 0.3) is 0 Å². The van der Waals surface area contributed by atoms with Gasteiger partial charge in [-0.3, -0.25) is 4.18 Å². The van der Waals surface area contributed by atoms with E-state index in [9.17, 15) is 8.42 Å². The Morgan fingerprint density at radius 3 is 2.67 bits per heavy atom. The first kappa shape index (κ1) is 13.2. The Bertz CT molecular complexity index is 605. The highest BCUT2D eigenvalue weighted by molar-refractivity contribution is 7.99. The van der Waals surface area contributed by atoms with E-state index in [1.54, 1.807) is 18.0 Å². The Labute approximate surface area is 110 Å². The third-order valence-electron chi connectivity index (χ3n) is 2.13. The van der Waals surface area contributed by atoms with Gasteiger partial charge in [-0.1, -0.05) is 30.0 Å². The van der Waals surface area contributed by atoms with Crippen LogP contribution in [0, 0.1) is 0 Å². The normalized spacial score (nSPS) is 11.6. The Kier molecular flexibility index (Phi) is 4.11. The van der Waals surface area contributed by atoms with Gasteiger partial charge in [0.25, 0.3) is 10.1 Å². The van der Waals surface area contributed by atoms with Gasteiger partial charge in [0, 0.05) is 11.1 Å². The molecule has 2 rings (SSSR count). The van der Waals surface area contributed by atoms with E-state index in [1.165, 1.54) is 0 Å². The van der Waals surface area contributed by atoms with Crippen molar-refractivity contribution in [3.8, 4) is 0 Å². The Hall–Kier alpha value is -1.24. The summed E-state index contributed by atoms with van der Waals surface area (Å²) in [4.78, 5) is 4.20. The van der Waals surface area contributed by atoms with Gasteiger partial charge in [-0.25, -0.2) is 0 Å². The minimum atomic E-state index is -3.39. The molecule has 1 N–H and O–H groups in total. The van der Waals surface area contributed by atoms with Crippen molar-refractivity contribution in [2.45, 2.75) is 16.5 Å². The second kappa shape index (κ2) is 5.60. The van der Waals surface area contributed by atoms with Gasteiger partial charge in [0.2, 0.25) is 0 Å². The van der Waals surface area contributed by atoms with Crippen molar-refractivity contribution in [3.63, 3.8) is 0 Å². The van der Waals surface area contributed by atoms with Crippen LogP contribution in [-0.2, 0) is 20.9 Å². The van der Waals surface area contributed by atoms with Crippen LogP contribution in [0.2, 0.25) is 0 Å². The minimum absolute atomic E-state index is 0.0602. The maximum Gasteiger partial charge on any atom is 0.264 e. The number of aromatic amines is 1. The molecule has 0 bridgehead atoms. The van der Waals surface area contributed by atoms with E-state index in [0.717, 1.165) is 21.7 Å². The molecule has 1 heterocycles. The van der Waals surface area contributed by atoms with Gasteiger partial charge in [-0.2, -0.15) is 8.42 Å². The highest BCUT2D eigenvalue weighted by Crippen LogP contribution is 2.26. The predicted octanol–water partition coefficient (Wildman–Crippen LogP) is 2.64. The summed E-state index contributed by atoms with van der Waals surface area (Å²) >= 11 is 1.58. The van der Waals surface area contributed by atoms with Crippen molar-refractivity contribution in [1.29, 1.82) is 0 Å². The van der Waals surface area contributed by atoms with Gasteiger partial charge in [-0.15, -0.1) is 0 Å². The highest BCUT2D eigenvalue weighted by atomic mass is 32.2. The molecule has 0 saturated heterocycles. The number of nitrogens with one attached hydrogen (secondary N) is 1. The number of rotatable bonds is 5. The Morgan fingerprint density at radius 1 is 1.28 bits per heavy atom. The number of hydrogen-bond acceptors (Lipinski definition) is 4. The maximum atomic E-state index is 10.9. The number of benzene rings is 1. The summed E-state index contributed by atoms with van der Waals surface area (Å²) in [6.07, 6.45) is 2.79. The number of aromatic nitrogens is 1. The van der Waals surface area contributed by atoms with Gasteiger partial charge in [0.1, 0.15) is 0 Å². The van der Waals surface area contributed by atoms with Crippen molar-refractivity contribution in [1.82, 2.24) is 4.98 Å². The van der Waals surface area contributed by atoms with Gasteiger partial charge >= 0.3 is 0 Å². The summed E-state index contributed by atoms with van der Waals surface area (Å²) in [5.41, 5.74) is 0.804. The van der Waals surface area contributed by atoms with E-state index in [1.807, 2.05) is 36.4 Å². The molecule has 0 fully saturated rings. The molecule has 0 aliphatic heterocycles. The maximum absolute atomic E-state index is 10.9. The highest BCUT2D eigenvalue weighted by Gasteiger charge is 2.05.